The molecule has 0 fully saturated rings. The van der Waals surface area contributed by atoms with Gasteiger partial charge in [0.15, 0.2) is 0 Å². The van der Waals surface area contributed by atoms with Gasteiger partial charge in [-0.1, -0.05) is 128 Å². The predicted octanol–water partition coefficient (Wildman–Crippen LogP) is 8.10. The summed E-state index contributed by atoms with van der Waals surface area (Å²) >= 11 is 0.898. The van der Waals surface area contributed by atoms with Gasteiger partial charge in [-0.3, -0.25) is 6.08 Å². The maximum absolute atomic E-state index is 12.5. The zero-order chi connectivity index (χ0) is 41.3. The van der Waals surface area contributed by atoms with Crippen molar-refractivity contribution >= 4 is 3.21 Å². The third kappa shape index (κ3) is 13.4. The molecule has 57 heavy (non-hydrogen) atoms. The Morgan fingerprint density at radius 2 is 1.05 bits per heavy atom. The zero-order valence-electron chi connectivity index (χ0n) is 34.5. The Morgan fingerprint density at radius 3 is 1.42 bits per heavy atom. The van der Waals surface area contributed by atoms with Gasteiger partial charge in [-0.05, 0) is 17.4 Å². The molecule has 9 heteroatoms. The summed E-state index contributed by atoms with van der Waals surface area (Å²) in [7, 11) is 0. The van der Waals surface area contributed by atoms with Crippen LogP contribution in [0.5, 0.6) is 0 Å². The van der Waals surface area contributed by atoms with Crippen LogP contribution in [0.1, 0.15) is 121 Å². The second-order valence-electron chi connectivity index (χ2n) is 17.8. The average Bonchev–Trinajstić information content (AvgIpc) is 3.73. The predicted molar refractivity (Wildman–Crippen MR) is 211 cm³/mol. The van der Waals surface area contributed by atoms with E-state index in [0.29, 0.717) is 26.2 Å². The van der Waals surface area contributed by atoms with Crippen LogP contribution in [0.25, 0.3) is 11.1 Å². The molecular formula is C48H52Cl2F6Zr-2. The summed E-state index contributed by atoms with van der Waals surface area (Å²) in [5, 5.41) is 0. The molecule has 0 amide bonds. The normalized spacial score (nSPS) is 14.9. The van der Waals surface area contributed by atoms with Crippen molar-refractivity contribution in [3.05, 3.63) is 153 Å². The van der Waals surface area contributed by atoms with Crippen molar-refractivity contribution in [2.75, 3.05) is 0 Å². The Hall–Kier alpha value is -2.73. The van der Waals surface area contributed by atoms with Crippen molar-refractivity contribution in [1.29, 1.82) is 0 Å². The largest absolute Gasteiger partial charge is 1.00 e. The molecule has 0 nitrogen and oxygen atoms in total. The average molecular weight is 905 g/mol. The summed E-state index contributed by atoms with van der Waals surface area (Å²) < 4.78 is 75.6. The van der Waals surface area contributed by atoms with Crippen molar-refractivity contribution < 1.29 is 75.4 Å². The summed E-state index contributed by atoms with van der Waals surface area (Å²) in [6.45, 7) is 24.9. The van der Waals surface area contributed by atoms with E-state index in [9.17, 15) is 26.3 Å². The first-order valence-corrected chi connectivity index (χ1v) is 19.8. The molecule has 0 heterocycles. The molecule has 0 saturated heterocycles. The van der Waals surface area contributed by atoms with Gasteiger partial charge in [-0.2, -0.15) is 41.0 Å². The van der Waals surface area contributed by atoms with Gasteiger partial charge < -0.3 is 24.8 Å². The van der Waals surface area contributed by atoms with Gasteiger partial charge in [0.2, 0.25) is 0 Å². The van der Waals surface area contributed by atoms with Gasteiger partial charge in [-0.25, -0.2) is 6.08 Å². The van der Waals surface area contributed by atoms with Gasteiger partial charge in [0.05, 0.1) is 0 Å². The summed E-state index contributed by atoms with van der Waals surface area (Å²) in [5.41, 5.74) is 10.1. The molecule has 0 bridgehead atoms. The van der Waals surface area contributed by atoms with Crippen molar-refractivity contribution in [2.45, 2.75) is 106 Å². The number of hydrogen-bond donors (Lipinski definition) is 0. The van der Waals surface area contributed by atoms with Crippen LogP contribution in [0.15, 0.2) is 96.6 Å². The Balaban J connectivity index is 0.000000302. The van der Waals surface area contributed by atoms with E-state index in [1.54, 1.807) is 0 Å². The maximum atomic E-state index is 12.5. The fourth-order valence-electron chi connectivity index (χ4n) is 6.13. The van der Waals surface area contributed by atoms with E-state index in [2.05, 4.69) is 131 Å². The van der Waals surface area contributed by atoms with Crippen LogP contribution >= 0.6 is 0 Å². The standard InChI is InChI=1S/C21H25.C15H8F6.C12H19.2ClH.Zr/c1-20(2,3)16-9-7-14-11-15-8-10-17(21(4,5)6)13-19(15)18(14)12-16;16-14(17,18)12-5-1-10(2-6-12)9-11-3-7-13(8-4-11)15(19,20)21;1-9(2)10-6-7-11(8-10)12(3,4)5;;;/h7,9-10,12-13H,11H2,1-6H3;1-8H;7-10H,1-5H3;2*1H;/q-1;;-1;;;+2/p-2. The Morgan fingerprint density at radius 1 is 0.614 bits per heavy atom. The summed E-state index contributed by atoms with van der Waals surface area (Å²) in [6, 6.07) is 24.2. The Bertz CT molecular complexity index is 1910. The van der Waals surface area contributed by atoms with Crippen LogP contribution in [0.4, 0.5) is 26.3 Å². The molecular weight excluding hydrogens is 853 g/mol. The molecule has 6 rings (SSSR count). The van der Waals surface area contributed by atoms with Gasteiger partial charge >= 0.3 is 137 Å². The van der Waals surface area contributed by atoms with Gasteiger partial charge in [0.25, 0.3) is 0 Å². The number of alkyl halides is 6. The fraction of sp³-hybridized carbons (Fsp3) is 0.396. The zero-order valence-corrected chi connectivity index (χ0v) is 38.5. The SMILES string of the molecule is CC(C)(C)c1c[c-]c2c(c1)-c1cc(C(C)(C)C)ccc1C2.CC(C)C1[C-]=CC(C(C)(C)C)=C1.FC(F)(F)c1ccc([C](=[Zr+2])c2ccc(C(F)(F)F)cc2)cc1.[Cl-].[Cl-]. The van der Waals surface area contributed by atoms with E-state index in [1.165, 1.54) is 63.2 Å². The summed E-state index contributed by atoms with van der Waals surface area (Å²) in [4.78, 5) is 0. The molecule has 0 spiro atoms. The van der Waals surface area contributed by atoms with Crippen molar-refractivity contribution in [3.8, 4) is 11.1 Å². The quantitative estimate of drug-likeness (QED) is 0.127. The molecule has 0 aromatic heterocycles. The third-order valence-corrected chi connectivity index (χ3v) is 11.3. The van der Waals surface area contributed by atoms with E-state index in [1.807, 2.05) is 0 Å². The fourth-order valence-corrected chi connectivity index (χ4v) is 6.95. The molecule has 4 aromatic rings. The third-order valence-electron chi connectivity index (χ3n) is 9.90. The van der Waals surface area contributed by atoms with E-state index in [-0.39, 0.29) is 41.1 Å². The van der Waals surface area contributed by atoms with Crippen LogP contribution < -0.4 is 24.8 Å². The topological polar surface area (TPSA) is 0 Å². The number of allylic oxidation sites excluding steroid dienone is 4. The number of halogens is 8. The first kappa shape index (κ1) is 50.4. The van der Waals surface area contributed by atoms with Crippen molar-refractivity contribution in [1.82, 2.24) is 0 Å². The molecule has 4 aromatic carbocycles. The minimum absolute atomic E-state index is 0. The second kappa shape index (κ2) is 19.1. The van der Waals surface area contributed by atoms with Crippen LogP contribution in [0, 0.1) is 29.4 Å². The molecule has 1 unspecified atom stereocenters. The molecule has 0 radical (unpaired) electrons. The first-order chi connectivity index (χ1) is 25.2. The van der Waals surface area contributed by atoms with Crippen LogP contribution in [-0.2, 0) is 53.8 Å². The maximum Gasteiger partial charge on any atom is -1.00 e. The van der Waals surface area contributed by atoms with E-state index < -0.39 is 23.5 Å². The Labute approximate surface area is 363 Å². The van der Waals surface area contributed by atoms with E-state index in [0.717, 1.165) is 54.9 Å². The molecule has 0 aliphatic heterocycles. The van der Waals surface area contributed by atoms with Crippen molar-refractivity contribution in [3.63, 3.8) is 0 Å². The van der Waals surface area contributed by atoms with Gasteiger partial charge in [0.1, 0.15) is 0 Å². The first-order valence-electron chi connectivity index (χ1n) is 18.6. The number of fused-ring (bicyclic) bond motifs is 3. The minimum atomic E-state index is -4.41. The van der Waals surface area contributed by atoms with Crippen LogP contribution in [0.3, 0.4) is 0 Å². The number of hydrogen-bond acceptors (Lipinski definition) is 0. The minimum Gasteiger partial charge on any atom is -1.00 e. The van der Waals surface area contributed by atoms with Gasteiger partial charge in [0, 0.05) is 0 Å². The Kier molecular flexibility index (Phi) is 16.9. The van der Waals surface area contributed by atoms with E-state index >= 15 is 0 Å². The summed E-state index contributed by atoms with van der Waals surface area (Å²) in [5.74, 6) is 1.22. The monoisotopic (exact) mass is 902 g/mol. The summed E-state index contributed by atoms with van der Waals surface area (Å²) in [6.07, 6.45) is 0.115. The van der Waals surface area contributed by atoms with Crippen LogP contribution in [-0.4, -0.2) is 3.21 Å². The molecule has 0 saturated carbocycles. The van der Waals surface area contributed by atoms with Gasteiger partial charge in [-0.15, -0.1) is 5.56 Å². The number of benzene rings is 4. The second-order valence-corrected chi connectivity index (χ2v) is 19.0. The molecule has 2 aliphatic rings. The molecule has 306 valence electrons. The molecule has 0 N–H and O–H groups in total. The molecule has 1 atom stereocenters. The molecule has 2 aliphatic carbocycles. The number of rotatable bonds is 3. The van der Waals surface area contributed by atoms with E-state index in [4.69, 9.17) is 0 Å². The van der Waals surface area contributed by atoms with Crippen LogP contribution in [0.2, 0.25) is 0 Å². The smallest absolute Gasteiger partial charge is 1.00 e. The van der Waals surface area contributed by atoms with Crippen molar-refractivity contribution in [2.24, 2.45) is 17.3 Å².